The van der Waals surface area contributed by atoms with Gasteiger partial charge in [-0.15, -0.1) is 0 Å². The fourth-order valence-electron chi connectivity index (χ4n) is 3.63. The number of aryl methyl sites for hydroxylation is 3. The molecule has 0 saturated heterocycles. The zero-order valence-electron chi connectivity index (χ0n) is 15.4. The number of methoxy groups -OCH3 is 1. The number of carbonyl (C=O) groups is 1. The van der Waals surface area contributed by atoms with Crippen molar-refractivity contribution in [1.82, 2.24) is 5.32 Å². The molecule has 0 heterocycles. The summed E-state index contributed by atoms with van der Waals surface area (Å²) in [5.74, 6) is 0.904. The quantitative estimate of drug-likeness (QED) is 0.883. The minimum Gasteiger partial charge on any atom is -0.496 e. The van der Waals surface area contributed by atoms with Gasteiger partial charge in [-0.25, -0.2) is 0 Å². The van der Waals surface area contributed by atoms with Crippen LogP contribution in [0, 0.1) is 6.92 Å². The Kier molecular flexibility index (Phi) is 5.42. The molecule has 3 nitrogen and oxygen atoms in total. The molecule has 1 atom stereocenters. The average molecular weight is 337 g/mol. The lowest BCUT2D eigenvalue weighted by Gasteiger charge is -2.20. The van der Waals surface area contributed by atoms with Crippen LogP contribution in [0.4, 0.5) is 0 Å². The van der Waals surface area contributed by atoms with Gasteiger partial charge in [-0.3, -0.25) is 4.79 Å². The Labute approximate surface area is 150 Å². The monoisotopic (exact) mass is 337 g/mol. The third-order valence-electron chi connectivity index (χ3n) is 5.07. The predicted molar refractivity (Wildman–Crippen MR) is 101 cm³/mol. The van der Waals surface area contributed by atoms with Crippen molar-refractivity contribution in [1.29, 1.82) is 0 Å². The molecule has 0 fully saturated rings. The number of hydrogen-bond acceptors (Lipinski definition) is 2. The van der Waals surface area contributed by atoms with E-state index in [2.05, 4.69) is 30.4 Å². The molecule has 0 spiro atoms. The Morgan fingerprint density at radius 1 is 1.12 bits per heavy atom. The maximum atomic E-state index is 12.4. The van der Waals surface area contributed by atoms with Gasteiger partial charge in [-0.05, 0) is 73.4 Å². The molecule has 0 unspecified atom stereocenters. The third-order valence-corrected chi connectivity index (χ3v) is 5.07. The van der Waals surface area contributed by atoms with Crippen molar-refractivity contribution in [2.75, 3.05) is 7.11 Å². The Morgan fingerprint density at radius 3 is 2.60 bits per heavy atom. The normalized spacial score (nSPS) is 14.5. The van der Waals surface area contributed by atoms with Crippen molar-refractivity contribution in [3.63, 3.8) is 0 Å². The van der Waals surface area contributed by atoms with E-state index >= 15 is 0 Å². The van der Waals surface area contributed by atoms with Gasteiger partial charge in [0.15, 0.2) is 0 Å². The molecule has 0 radical (unpaired) electrons. The highest BCUT2D eigenvalue weighted by Gasteiger charge is 2.14. The number of nitrogens with one attached hydrogen (secondary N) is 1. The van der Waals surface area contributed by atoms with Crippen LogP contribution in [0.15, 0.2) is 36.4 Å². The van der Waals surface area contributed by atoms with Crippen LogP contribution in [0.25, 0.3) is 0 Å². The van der Waals surface area contributed by atoms with Gasteiger partial charge in [-0.1, -0.05) is 30.3 Å². The van der Waals surface area contributed by atoms with Crippen LogP contribution in [-0.4, -0.2) is 13.0 Å². The molecule has 3 heteroatoms. The van der Waals surface area contributed by atoms with Crippen LogP contribution in [0.3, 0.4) is 0 Å². The second-order valence-corrected chi connectivity index (χ2v) is 7.01. The molecule has 0 saturated carbocycles. The minimum absolute atomic E-state index is 0.0269. The Hall–Kier alpha value is -2.29. The van der Waals surface area contributed by atoms with Crippen LogP contribution in [0.1, 0.15) is 53.6 Å². The summed E-state index contributed by atoms with van der Waals surface area (Å²) in [6.07, 6.45) is 5.30. The molecule has 0 bridgehead atoms. The molecule has 1 amide bonds. The zero-order valence-corrected chi connectivity index (χ0v) is 15.4. The summed E-state index contributed by atoms with van der Waals surface area (Å²) in [4.78, 5) is 12.4. The van der Waals surface area contributed by atoms with E-state index in [0.717, 1.165) is 23.3 Å². The summed E-state index contributed by atoms with van der Waals surface area (Å²) in [7, 11) is 1.66. The molecule has 132 valence electrons. The highest BCUT2D eigenvalue weighted by atomic mass is 16.5. The van der Waals surface area contributed by atoms with Crippen molar-refractivity contribution in [2.24, 2.45) is 0 Å². The van der Waals surface area contributed by atoms with Gasteiger partial charge in [0.2, 0.25) is 5.91 Å². The van der Waals surface area contributed by atoms with Gasteiger partial charge in [0.25, 0.3) is 0 Å². The lowest BCUT2D eigenvalue weighted by Crippen LogP contribution is -2.28. The number of ether oxygens (including phenoxy) is 1. The van der Waals surface area contributed by atoms with E-state index in [4.69, 9.17) is 4.74 Å². The average Bonchev–Trinajstić information content (AvgIpc) is 2.61. The molecule has 2 aromatic carbocycles. The summed E-state index contributed by atoms with van der Waals surface area (Å²) >= 11 is 0. The predicted octanol–water partition coefficient (Wildman–Crippen LogP) is 4.30. The largest absolute Gasteiger partial charge is 0.496 e. The molecule has 0 aromatic heterocycles. The molecule has 1 N–H and O–H groups in total. The van der Waals surface area contributed by atoms with E-state index in [1.807, 2.05) is 25.1 Å². The number of benzene rings is 2. The van der Waals surface area contributed by atoms with Crippen LogP contribution >= 0.6 is 0 Å². The molecule has 25 heavy (non-hydrogen) atoms. The minimum atomic E-state index is 0.0269. The second kappa shape index (κ2) is 7.73. The molecular weight excluding hydrogens is 310 g/mol. The zero-order chi connectivity index (χ0) is 17.8. The molecule has 3 rings (SSSR count). The number of amides is 1. The maximum absolute atomic E-state index is 12.4. The fraction of sp³-hybridized carbons (Fsp3) is 0.409. The van der Waals surface area contributed by atoms with Crippen molar-refractivity contribution < 1.29 is 9.53 Å². The van der Waals surface area contributed by atoms with Crippen molar-refractivity contribution in [2.45, 2.75) is 52.0 Å². The summed E-state index contributed by atoms with van der Waals surface area (Å²) in [6, 6.07) is 12.6. The smallest absolute Gasteiger partial charge is 0.224 e. The van der Waals surface area contributed by atoms with Gasteiger partial charge in [0.1, 0.15) is 5.75 Å². The molecule has 0 aliphatic heterocycles. The number of carbonyl (C=O) groups excluding carboxylic acids is 1. The highest BCUT2D eigenvalue weighted by molar-refractivity contribution is 5.79. The molecular formula is C22H27NO2. The van der Waals surface area contributed by atoms with Crippen LogP contribution in [-0.2, 0) is 24.1 Å². The first-order chi connectivity index (χ1) is 12.1. The topological polar surface area (TPSA) is 38.3 Å². The maximum Gasteiger partial charge on any atom is 0.224 e. The number of hydrogen-bond donors (Lipinski definition) is 1. The van der Waals surface area contributed by atoms with Gasteiger partial charge < -0.3 is 10.1 Å². The second-order valence-electron chi connectivity index (χ2n) is 7.01. The summed E-state index contributed by atoms with van der Waals surface area (Å²) in [6.45, 7) is 4.05. The molecule has 2 aromatic rings. The van der Waals surface area contributed by atoms with Crippen molar-refractivity contribution in [3.05, 3.63) is 64.2 Å². The fourth-order valence-corrected chi connectivity index (χ4v) is 3.63. The molecule has 1 aliphatic rings. The first kappa shape index (κ1) is 17.5. The van der Waals surface area contributed by atoms with E-state index in [1.54, 1.807) is 7.11 Å². The summed E-state index contributed by atoms with van der Waals surface area (Å²) in [5.41, 5.74) is 6.18. The van der Waals surface area contributed by atoms with E-state index < -0.39 is 0 Å². The first-order valence-electron chi connectivity index (χ1n) is 9.11. The van der Waals surface area contributed by atoms with Gasteiger partial charge in [0.05, 0.1) is 19.6 Å². The van der Waals surface area contributed by atoms with Gasteiger partial charge in [0, 0.05) is 0 Å². The third kappa shape index (κ3) is 4.22. The lowest BCUT2D eigenvalue weighted by molar-refractivity contribution is -0.121. The van der Waals surface area contributed by atoms with Crippen molar-refractivity contribution in [3.8, 4) is 5.75 Å². The van der Waals surface area contributed by atoms with Gasteiger partial charge in [-0.2, -0.15) is 0 Å². The van der Waals surface area contributed by atoms with Crippen molar-refractivity contribution >= 4 is 5.91 Å². The number of rotatable bonds is 5. The van der Waals surface area contributed by atoms with E-state index in [1.165, 1.54) is 36.0 Å². The standard InChI is InChI=1S/C22H27NO2/c1-15-12-17(8-11-21(15)25-3)13-22(24)23-16(2)19-10-9-18-6-4-5-7-20(18)14-19/h8-12,14,16H,4-7,13H2,1-3H3,(H,23,24)/t16-/m1/s1. The summed E-state index contributed by atoms with van der Waals surface area (Å²) in [5, 5.41) is 3.13. The van der Waals surface area contributed by atoms with Gasteiger partial charge >= 0.3 is 0 Å². The number of fused-ring (bicyclic) bond motifs is 1. The van der Waals surface area contributed by atoms with E-state index in [0.29, 0.717) is 6.42 Å². The Balaban J connectivity index is 1.63. The Bertz CT molecular complexity index is 767. The van der Waals surface area contributed by atoms with Crippen LogP contribution in [0.5, 0.6) is 5.75 Å². The van der Waals surface area contributed by atoms with Crippen LogP contribution in [0.2, 0.25) is 0 Å². The first-order valence-corrected chi connectivity index (χ1v) is 9.11. The lowest BCUT2D eigenvalue weighted by atomic mass is 9.89. The SMILES string of the molecule is COc1ccc(CC(=O)N[C@H](C)c2ccc3c(c2)CCCC3)cc1C. The van der Waals surface area contributed by atoms with Crippen LogP contribution < -0.4 is 10.1 Å². The summed E-state index contributed by atoms with van der Waals surface area (Å²) < 4.78 is 5.27. The highest BCUT2D eigenvalue weighted by Crippen LogP contribution is 2.25. The van der Waals surface area contributed by atoms with E-state index in [-0.39, 0.29) is 11.9 Å². The van der Waals surface area contributed by atoms with E-state index in [9.17, 15) is 4.79 Å². The Morgan fingerprint density at radius 2 is 1.88 bits per heavy atom. The molecule has 1 aliphatic carbocycles.